The highest BCUT2D eigenvalue weighted by atomic mass is 16.5. The minimum atomic E-state index is 0.127. The highest BCUT2D eigenvalue weighted by molar-refractivity contribution is 5.36. The van der Waals surface area contributed by atoms with Crippen LogP contribution in [0.2, 0.25) is 0 Å². The van der Waals surface area contributed by atoms with Crippen molar-refractivity contribution in [2.75, 3.05) is 30.4 Å². The van der Waals surface area contributed by atoms with Gasteiger partial charge in [-0.15, -0.1) is 0 Å². The van der Waals surface area contributed by atoms with Crippen molar-refractivity contribution in [3.8, 4) is 6.01 Å². The van der Waals surface area contributed by atoms with Crippen LogP contribution in [0.5, 0.6) is 6.01 Å². The van der Waals surface area contributed by atoms with Gasteiger partial charge in [0.1, 0.15) is 0 Å². The van der Waals surface area contributed by atoms with Crippen LogP contribution >= 0.6 is 0 Å². The van der Waals surface area contributed by atoms with Gasteiger partial charge in [0.25, 0.3) is 0 Å². The molecule has 0 aliphatic carbocycles. The van der Waals surface area contributed by atoms with Gasteiger partial charge in [0.15, 0.2) is 0 Å². The SMILES string of the molecule is CCOc1nc(N)nc(N(CCCO)C(C)C)n1. The number of nitrogen functional groups attached to an aromatic ring is 1. The molecule has 0 unspecified atom stereocenters. The maximum Gasteiger partial charge on any atom is 0.323 e. The number of hydrogen-bond acceptors (Lipinski definition) is 7. The van der Waals surface area contributed by atoms with Gasteiger partial charge in [-0.05, 0) is 27.2 Å². The molecule has 0 fully saturated rings. The molecule has 0 aromatic carbocycles. The molecule has 1 aromatic heterocycles. The Hall–Kier alpha value is -1.63. The van der Waals surface area contributed by atoms with E-state index in [4.69, 9.17) is 15.6 Å². The second-order valence-corrected chi connectivity index (χ2v) is 4.07. The molecule has 0 saturated carbocycles. The summed E-state index contributed by atoms with van der Waals surface area (Å²) in [5.41, 5.74) is 5.64. The summed E-state index contributed by atoms with van der Waals surface area (Å²) in [6.07, 6.45) is 0.647. The average Bonchev–Trinajstić information content (AvgIpc) is 2.28. The zero-order valence-corrected chi connectivity index (χ0v) is 11.1. The van der Waals surface area contributed by atoms with Gasteiger partial charge in [-0.1, -0.05) is 0 Å². The fourth-order valence-corrected chi connectivity index (χ4v) is 1.51. The third kappa shape index (κ3) is 3.99. The number of nitrogens with zero attached hydrogens (tertiary/aromatic N) is 4. The van der Waals surface area contributed by atoms with Gasteiger partial charge in [-0.25, -0.2) is 0 Å². The Morgan fingerprint density at radius 2 is 2.06 bits per heavy atom. The minimum absolute atomic E-state index is 0.127. The molecule has 0 spiro atoms. The summed E-state index contributed by atoms with van der Waals surface area (Å²) in [4.78, 5) is 14.2. The lowest BCUT2D eigenvalue weighted by molar-refractivity contribution is 0.288. The smallest absolute Gasteiger partial charge is 0.323 e. The zero-order chi connectivity index (χ0) is 13.5. The minimum Gasteiger partial charge on any atom is -0.464 e. The molecule has 0 saturated heterocycles. The molecule has 18 heavy (non-hydrogen) atoms. The van der Waals surface area contributed by atoms with Crippen molar-refractivity contribution >= 4 is 11.9 Å². The normalized spacial score (nSPS) is 10.7. The summed E-state index contributed by atoms with van der Waals surface area (Å²) in [6.45, 7) is 7.16. The number of aliphatic hydroxyl groups excluding tert-OH is 1. The van der Waals surface area contributed by atoms with Crippen molar-refractivity contribution in [3.63, 3.8) is 0 Å². The quantitative estimate of drug-likeness (QED) is 0.730. The molecule has 1 aromatic rings. The van der Waals surface area contributed by atoms with Crippen LogP contribution in [0, 0.1) is 0 Å². The van der Waals surface area contributed by atoms with E-state index in [1.54, 1.807) is 0 Å². The second-order valence-electron chi connectivity index (χ2n) is 4.07. The summed E-state index contributed by atoms with van der Waals surface area (Å²) in [7, 11) is 0. The van der Waals surface area contributed by atoms with Crippen LogP contribution in [-0.2, 0) is 0 Å². The summed E-state index contributed by atoms with van der Waals surface area (Å²) < 4.78 is 5.24. The first-order valence-corrected chi connectivity index (χ1v) is 6.10. The first-order valence-electron chi connectivity index (χ1n) is 6.10. The van der Waals surface area contributed by atoms with Crippen LogP contribution in [0.1, 0.15) is 27.2 Å². The van der Waals surface area contributed by atoms with Gasteiger partial charge in [0, 0.05) is 19.2 Å². The summed E-state index contributed by atoms with van der Waals surface area (Å²) in [5, 5.41) is 8.91. The number of aliphatic hydroxyl groups is 1. The topological polar surface area (TPSA) is 97.4 Å². The van der Waals surface area contributed by atoms with Crippen molar-refractivity contribution in [1.29, 1.82) is 0 Å². The third-order valence-corrected chi connectivity index (χ3v) is 2.33. The highest BCUT2D eigenvalue weighted by Crippen LogP contribution is 2.16. The summed E-state index contributed by atoms with van der Waals surface area (Å²) in [6, 6.07) is 0.433. The Morgan fingerprint density at radius 3 is 2.61 bits per heavy atom. The standard InChI is InChI=1S/C11H21N5O2/c1-4-18-11-14-9(12)13-10(15-11)16(8(2)3)6-5-7-17/h8,17H,4-7H2,1-3H3,(H2,12,13,14,15). The monoisotopic (exact) mass is 255 g/mol. The van der Waals surface area contributed by atoms with Gasteiger partial charge >= 0.3 is 6.01 Å². The number of rotatable bonds is 7. The molecule has 0 amide bonds. The van der Waals surface area contributed by atoms with Gasteiger partial charge < -0.3 is 20.5 Å². The lowest BCUT2D eigenvalue weighted by Gasteiger charge is -2.26. The molecule has 1 heterocycles. The Morgan fingerprint density at radius 1 is 1.33 bits per heavy atom. The Labute approximate surface area is 107 Å². The van der Waals surface area contributed by atoms with Crippen LogP contribution in [0.3, 0.4) is 0 Å². The lowest BCUT2D eigenvalue weighted by Crippen LogP contribution is -2.34. The van der Waals surface area contributed by atoms with Crippen molar-refractivity contribution in [2.24, 2.45) is 0 Å². The van der Waals surface area contributed by atoms with Gasteiger partial charge in [0.2, 0.25) is 11.9 Å². The first-order chi connectivity index (χ1) is 8.58. The molecule has 0 bridgehead atoms. The van der Waals surface area contributed by atoms with Crippen molar-refractivity contribution < 1.29 is 9.84 Å². The fraction of sp³-hybridized carbons (Fsp3) is 0.727. The van der Waals surface area contributed by atoms with Crippen molar-refractivity contribution in [3.05, 3.63) is 0 Å². The van der Waals surface area contributed by atoms with Crippen LogP contribution in [-0.4, -0.2) is 45.9 Å². The number of ether oxygens (including phenoxy) is 1. The van der Waals surface area contributed by atoms with E-state index in [1.165, 1.54) is 0 Å². The van der Waals surface area contributed by atoms with E-state index in [1.807, 2.05) is 25.7 Å². The first kappa shape index (κ1) is 14.4. The highest BCUT2D eigenvalue weighted by Gasteiger charge is 2.15. The van der Waals surface area contributed by atoms with Gasteiger partial charge in [0.05, 0.1) is 6.61 Å². The second kappa shape index (κ2) is 6.95. The van der Waals surface area contributed by atoms with E-state index < -0.39 is 0 Å². The van der Waals surface area contributed by atoms with Crippen molar-refractivity contribution in [1.82, 2.24) is 15.0 Å². The lowest BCUT2D eigenvalue weighted by atomic mass is 10.3. The fourth-order valence-electron chi connectivity index (χ4n) is 1.51. The summed E-state index contributed by atoms with van der Waals surface area (Å²) in [5.74, 6) is 0.618. The largest absolute Gasteiger partial charge is 0.464 e. The molecule has 1 rings (SSSR count). The molecule has 0 aliphatic heterocycles. The Kier molecular flexibility index (Phi) is 5.57. The molecule has 0 radical (unpaired) electrons. The predicted octanol–water partition coefficient (Wildman–Crippen LogP) is 0.450. The van der Waals surface area contributed by atoms with E-state index in [2.05, 4.69) is 15.0 Å². The number of aromatic nitrogens is 3. The molecular weight excluding hydrogens is 234 g/mol. The van der Waals surface area contributed by atoms with Gasteiger partial charge in [-0.3, -0.25) is 0 Å². The molecule has 0 atom stereocenters. The van der Waals surface area contributed by atoms with Crippen LogP contribution < -0.4 is 15.4 Å². The Balaban J connectivity index is 2.95. The molecule has 7 heteroatoms. The van der Waals surface area contributed by atoms with Crippen LogP contribution in [0.25, 0.3) is 0 Å². The van der Waals surface area contributed by atoms with E-state index in [0.717, 1.165) is 0 Å². The van der Waals surface area contributed by atoms with Crippen LogP contribution in [0.15, 0.2) is 0 Å². The molecule has 102 valence electrons. The maximum atomic E-state index is 8.91. The third-order valence-electron chi connectivity index (χ3n) is 2.33. The summed E-state index contributed by atoms with van der Waals surface area (Å²) >= 11 is 0. The number of nitrogens with two attached hydrogens (primary N) is 1. The molecule has 7 nitrogen and oxygen atoms in total. The number of hydrogen-bond donors (Lipinski definition) is 2. The van der Waals surface area contributed by atoms with E-state index in [9.17, 15) is 0 Å². The van der Waals surface area contributed by atoms with Crippen LogP contribution in [0.4, 0.5) is 11.9 Å². The van der Waals surface area contributed by atoms with Gasteiger partial charge in [-0.2, -0.15) is 15.0 Å². The van der Waals surface area contributed by atoms with E-state index in [-0.39, 0.29) is 24.6 Å². The number of anilines is 2. The zero-order valence-electron chi connectivity index (χ0n) is 11.1. The van der Waals surface area contributed by atoms with Crippen molar-refractivity contribution in [2.45, 2.75) is 33.2 Å². The van der Waals surface area contributed by atoms with E-state index >= 15 is 0 Å². The average molecular weight is 255 g/mol. The Bertz CT molecular complexity index is 372. The molecule has 0 aliphatic rings. The van der Waals surface area contributed by atoms with E-state index in [0.29, 0.717) is 25.5 Å². The molecule has 3 N–H and O–H groups in total. The maximum absolute atomic E-state index is 8.91. The predicted molar refractivity (Wildman–Crippen MR) is 69.6 cm³/mol. The molecular formula is C11H21N5O2.